The predicted octanol–water partition coefficient (Wildman–Crippen LogP) is 2.80. The summed E-state index contributed by atoms with van der Waals surface area (Å²) in [6, 6.07) is 1.99. The summed E-state index contributed by atoms with van der Waals surface area (Å²) in [7, 11) is -3.65. The van der Waals surface area contributed by atoms with Crippen LogP contribution in [0.5, 0.6) is 0 Å². The Labute approximate surface area is 144 Å². The molecular formula is C14H10F3N3O3S2. The molecule has 6 nitrogen and oxygen atoms in total. The van der Waals surface area contributed by atoms with Gasteiger partial charge >= 0.3 is 6.18 Å². The molecule has 11 heteroatoms. The molecule has 0 saturated carbocycles. The maximum atomic E-state index is 12.8. The minimum absolute atomic E-state index is 0.0176. The fraction of sp³-hybridized carbons (Fsp3) is 0.214. The summed E-state index contributed by atoms with van der Waals surface area (Å²) in [6.45, 7) is 1.45. The highest BCUT2D eigenvalue weighted by atomic mass is 32.2. The molecule has 0 amide bonds. The van der Waals surface area contributed by atoms with Crippen LogP contribution in [0.15, 0.2) is 35.6 Å². The van der Waals surface area contributed by atoms with Gasteiger partial charge in [0.15, 0.2) is 22.2 Å². The maximum absolute atomic E-state index is 12.8. The molecule has 25 heavy (non-hydrogen) atoms. The third-order valence-corrected chi connectivity index (χ3v) is 6.21. The van der Waals surface area contributed by atoms with Gasteiger partial charge in [-0.2, -0.15) is 17.9 Å². The molecular weight excluding hydrogens is 379 g/mol. The highest BCUT2D eigenvalue weighted by Gasteiger charge is 2.32. The van der Waals surface area contributed by atoms with Crippen LogP contribution in [-0.4, -0.2) is 24.1 Å². The molecule has 0 aliphatic rings. The molecule has 0 aliphatic heterocycles. The van der Waals surface area contributed by atoms with Gasteiger partial charge in [-0.05, 0) is 6.07 Å². The largest absolute Gasteiger partial charge is 0.619 e. The summed E-state index contributed by atoms with van der Waals surface area (Å²) >= 11 is 0.913. The number of fused-ring (bicyclic) bond motifs is 1. The average molecular weight is 389 g/mol. The first kappa shape index (κ1) is 17.5. The molecule has 0 aliphatic carbocycles. The van der Waals surface area contributed by atoms with Gasteiger partial charge < -0.3 is 5.21 Å². The molecule has 3 rings (SSSR count). The SMILES string of the molecule is CCS(=O)(=O)c1cc[n+]([O-])cc1-c1nc2cc(C(F)(F)F)cnc2s1. The van der Waals surface area contributed by atoms with E-state index in [-0.39, 0.29) is 31.6 Å². The Hall–Kier alpha value is -2.27. The van der Waals surface area contributed by atoms with E-state index < -0.39 is 21.6 Å². The molecule has 3 aromatic rings. The number of rotatable bonds is 3. The van der Waals surface area contributed by atoms with Crippen LogP contribution in [0, 0.1) is 5.21 Å². The lowest BCUT2D eigenvalue weighted by Crippen LogP contribution is -2.25. The molecule has 0 fully saturated rings. The van der Waals surface area contributed by atoms with Gasteiger partial charge in [0.1, 0.15) is 15.4 Å². The van der Waals surface area contributed by atoms with Crippen LogP contribution in [0.25, 0.3) is 20.9 Å². The molecule has 0 saturated heterocycles. The van der Waals surface area contributed by atoms with E-state index >= 15 is 0 Å². The van der Waals surface area contributed by atoms with Gasteiger partial charge in [-0.3, -0.25) is 0 Å². The number of nitrogens with zero attached hydrogens (tertiary/aromatic N) is 3. The topological polar surface area (TPSA) is 86.9 Å². The highest BCUT2D eigenvalue weighted by molar-refractivity contribution is 7.91. The van der Waals surface area contributed by atoms with Gasteiger partial charge in [0.05, 0.1) is 21.8 Å². The van der Waals surface area contributed by atoms with Gasteiger partial charge in [0.2, 0.25) is 0 Å². The standard InChI is InChI=1S/C14H10F3N3O3S2/c1-2-25(22,23)11-3-4-20(21)7-9(11)12-19-10-5-8(14(15,16)17)6-18-13(10)24-12/h3-7H,2H2,1H3. The van der Waals surface area contributed by atoms with Gasteiger partial charge in [0.25, 0.3) is 0 Å². The summed E-state index contributed by atoms with van der Waals surface area (Å²) in [5, 5.41) is 11.7. The number of alkyl halides is 3. The van der Waals surface area contributed by atoms with E-state index in [2.05, 4.69) is 9.97 Å². The lowest BCUT2D eigenvalue weighted by molar-refractivity contribution is -0.605. The van der Waals surface area contributed by atoms with E-state index in [9.17, 15) is 26.8 Å². The normalized spacial score (nSPS) is 12.6. The Bertz CT molecular complexity index is 1060. The Balaban J connectivity index is 2.22. The number of hydrogen-bond acceptors (Lipinski definition) is 6. The predicted molar refractivity (Wildman–Crippen MR) is 84.5 cm³/mol. The van der Waals surface area contributed by atoms with Crippen LogP contribution in [0.3, 0.4) is 0 Å². The first-order valence-corrected chi connectivity index (χ1v) is 9.38. The zero-order valence-electron chi connectivity index (χ0n) is 12.6. The minimum Gasteiger partial charge on any atom is -0.619 e. The number of hydrogen-bond donors (Lipinski definition) is 0. The van der Waals surface area contributed by atoms with Crippen molar-refractivity contribution < 1.29 is 26.3 Å². The Morgan fingerprint density at radius 2 is 2.08 bits per heavy atom. The van der Waals surface area contributed by atoms with E-state index in [4.69, 9.17) is 0 Å². The lowest BCUT2D eigenvalue weighted by atomic mass is 10.2. The first-order valence-electron chi connectivity index (χ1n) is 6.91. The number of thiazole rings is 1. The molecule has 0 unspecified atom stereocenters. The van der Waals surface area contributed by atoms with Crippen molar-refractivity contribution in [3.05, 3.63) is 41.5 Å². The van der Waals surface area contributed by atoms with Gasteiger partial charge in [-0.1, -0.05) is 18.3 Å². The van der Waals surface area contributed by atoms with Crippen LogP contribution in [-0.2, 0) is 16.0 Å². The monoisotopic (exact) mass is 389 g/mol. The fourth-order valence-electron chi connectivity index (χ4n) is 2.15. The smallest absolute Gasteiger partial charge is 0.417 e. The summed E-state index contributed by atoms with van der Waals surface area (Å²) in [5.74, 6) is -0.190. The van der Waals surface area contributed by atoms with Crippen molar-refractivity contribution in [2.75, 3.05) is 5.75 Å². The maximum Gasteiger partial charge on any atom is 0.417 e. The highest BCUT2D eigenvalue weighted by Crippen LogP contribution is 2.35. The number of halogens is 3. The molecule has 0 N–H and O–H groups in total. The van der Waals surface area contributed by atoms with Crippen LogP contribution in [0.2, 0.25) is 0 Å². The third-order valence-electron chi connectivity index (χ3n) is 3.42. The second-order valence-electron chi connectivity index (χ2n) is 5.05. The molecule has 0 spiro atoms. The van der Waals surface area contributed by atoms with E-state index in [1.165, 1.54) is 6.92 Å². The lowest BCUT2D eigenvalue weighted by Gasteiger charge is -2.06. The zero-order valence-corrected chi connectivity index (χ0v) is 14.2. The first-order chi connectivity index (χ1) is 11.6. The summed E-state index contributed by atoms with van der Waals surface area (Å²) in [4.78, 5) is 7.89. The molecule has 0 radical (unpaired) electrons. The van der Waals surface area contributed by atoms with E-state index in [0.717, 1.165) is 35.9 Å². The van der Waals surface area contributed by atoms with Crippen molar-refractivity contribution in [2.24, 2.45) is 0 Å². The van der Waals surface area contributed by atoms with E-state index in [1.807, 2.05) is 0 Å². The second-order valence-corrected chi connectivity index (χ2v) is 8.28. The van der Waals surface area contributed by atoms with Crippen LogP contribution in [0.1, 0.15) is 12.5 Å². The Kier molecular flexibility index (Phi) is 4.15. The van der Waals surface area contributed by atoms with Crippen molar-refractivity contribution in [3.63, 3.8) is 0 Å². The molecule has 3 aromatic heterocycles. The van der Waals surface area contributed by atoms with Crippen LogP contribution in [0.4, 0.5) is 13.2 Å². The van der Waals surface area contributed by atoms with Gasteiger partial charge in [-0.15, -0.1) is 0 Å². The van der Waals surface area contributed by atoms with Crippen molar-refractivity contribution in [1.82, 2.24) is 9.97 Å². The number of sulfone groups is 1. The Morgan fingerprint density at radius 1 is 1.36 bits per heavy atom. The third kappa shape index (κ3) is 3.29. The molecule has 132 valence electrons. The van der Waals surface area contributed by atoms with Crippen molar-refractivity contribution >= 4 is 31.5 Å². The molecule has 3 heterocycles. The van der Waals surface area contributed by atoms with Gasteiger partial charge in [0, 0.05) is 12.3 Å². The fourth-order valence-corrected chi connectivity index (χ4v) is 4.19. The van der Waals surface area contributed by atoms with E-state index in [0.29, 0.717) is 10.9 Å². The van der Waals surface area contributed by atoms with Crippen LogP contribution < -0.4 is 4.73 Å². The molecule has 0 bridgehead atoms. The summed E-state index contributed by atoms with van der Waals surface area (Å²) < 4.78 is 63.2. The second kappa shape index (κ2) is 5.92. The van der Waals surface area contributed by atoms with Crippen molar-refractivity contribution in [1.29, 1.82) is 0 Å². The molecule has 0 aromatic carbocycles. The zero-order chi connectivity index (χ0) is 18.4. The number of pyridine rings is 2. The average Bonchev–Trinajstić information content (AvgIpc) is 2.96. The van der Waals surface area contributed by atoms with E-state index in [1.54, 1.807) is 0 Å². The van der Waals surface area contributed by atoms with Crippen molar-refractivity contribution in [3.8, 4) is 10.6 Å². The molecule has 0 atom stereocenters. The van der Waals surface area contributed by atoms with Crippen LogP contribution >= 0.6 is 11.3 Å². The summed E-state index contributed by atoms with van der Waals surface area (Å²) in [6.07, 6.45) is -1.80. The summed E-state index contributed by atoms with van der Waals surface area (Å²) in [5.41, 5.74) is -0.933. The van der Waals surface area contributed by atoms with Crippen molar-refractivity contribution in [2.45, 2.75) is 18.0 Å². The minimum atomic E-state index is -4.56. The Morgan fingerprint density at radius 3 is 2.72 bits per heavy atom. The van der Waals surface area contributed by atoms with Gasteiger partial charge in [-0.25, -0.2) is 18.4 Å². The quantitative estimate of drug-likeness (QED) is 0.508. The number of aromatic nitrogens is 3.